The fourth-order valence-electron chi connectivity index (χ4n) is 3.14. The van der Waals surface area contributed by atoms with Gasteiger partial charge in [0.1, 0.15) is 0 Å². The second-order valence-electron chi connectivity index (χ2n) is 6.02. The molecule has 2 amide bonds. The highest BCUT2D eigenvalue weighted by Crippen LogP contribution is 2.48. The van der Waals surface area contributed by atoms with E-state index in [1.54, 1.807) is 6.07 Å². The quantitative estimate of drug-likeness (QED) is 0.859. The van der Waals surface area contributed by atoms with Gasteiger partial charge >= 0.3 is 0 Å². The summed E-state index contributed by atoms with van der Waals surface area (Å²) in [5.74, 6) is 0.127. The maximum atomic E-state index is 12.6. The zero-order chi connectivity index (χ0) is 15.0. The minimum Gasteiger partial charge on any atom is -0.366 e. The molecule has 0 bridgehead atoms. The summed E-state index contributed by atoms with van der Waals surface area (Å²) < 4.78 is 0. The first-order valence-electron chi connectivity index (χ1n) is 7.49. The molecule has 3 N–H and O–H groups in total. The molecule has 2 fully saturated rings. The van der Waals surface area contributed by atoms with E-state index in [4.69, 9.17) is 5.73 Å². The SMILES string of the molecule is C[C@@H]1CNCCN1C(=O)[C@@H]1C[C@H]1c1cccc(C(N)=O)c1. The Hall–Kier alpha value is -1.88. The molecule has 2 aliphatic rings. The first-order valence-corrected chi connectivity index (χ1v) is 7.49. The van der Waals surface area contributed by atoms with Crippen LogP contribution in [0.4, 0.5) is 0 Å². The summed E-state index contributed by atoms with van der Waals surface area (Å²) in [5.41, 5.74) is 6.88. The Balaban J connectivity index is 1.69. The Kier molecular flexibility index (Phi) is 3.68. The molecule has 5 heteroatoms. The van der Waals surface area contributed by atoms with Crippen molar-refractivity contribution in [3.8, 4) is 0 Å². The summed E-state index contributed by atoms with van der Waals surface area (Å²) in [6.07, 6.45) is 0.873. The number of nitrogens with two attached hydrogens (primary N) is 1. The van der Waals surface area contributed by atoms with Crippen molar-refractivity contribution in [3.05, 3.63) is 35.4 Å². The number of benzene rings is 1. The predicted octanol–water partition coefficient (Wildman–Crippen LogP) is 0.709. The van der Waals surface area contributed by atoms with E-state index < -0.39 is 5.91 Å². The summed E-state index contributed by atoms with van der Waals surface area (Å²) in [4.78, 5) is 25.8. The Morgan fingerprint density at radius 1 is 1.38 bits per heavy atom. The third kappa shape index (κ3) is 2.78. The van der Waals surface area contributed by atoms with Crippen molar-refractivity contribution in [1.82, 2.24) is 10.2 Å². The average Bonchev–Trinajstić information content (AvgIpc) is 3.28. The molecule has 1 heterocycles. The lowest BCUT2D eigenvalue weighted by molar-refractivity contribution is -0.135. The van der Waals surface area contributed by atoms with Gasteiger partial charge in [-0.15, -0.1) is 0 Å². The van der Waals surface area contributed by atoms with E-state index in [2.05, 4.69) is 12.2 Å². The van der Waals surface area contributed by atoms with E-state index in [0.717, 1.165) is 31.6 Å². The van der Waals surface area contributed by atoms with Gasteiger partial charge in [0.15, 0.2) is 0 Å². The number of piperazine rings is 1. The van der Waals surface area contributed by atoms with Crippen LogP contribution in [0.25, 0.3) is 0 Å². The van der Waals surface area contributed by atoms with Gasteiger partial charge in [-0.1, -0.05) is 12.1 Å². The Bertz CT molecular complexity index is 572. The molecule has 1 aromatic carbocycles. The number of carbonyl (C=O) groups is 2. The molecule has 0 aromatic heterocycles. The van der Waals surface area contributed by atoms with Crippen LogP contribution in [0.1, 0.15) is 35.2 Å². The lowest BCUT2D eigenvalue weighted by Gasteiger charge is -2.34. The minimum atomic E-state index is -0.420. The standard InChI is InChI=1S/C16H21N3O2/c1-10-9-18-5-6-19(10)16(21)14-8-13(14)11-3-2-4-12(7-11)15(17)20/h2-4,7,10,13-14,18H,5-6,8-9H2,1H3,(H2,17,20)/t10-,13+,14-/m1/s1. The summed E-state index contributed by atoms with van der Waals surface area (Å²) >= 11 is 0. The number of carbonyl (C=O) groups excluding carboxylic acids is 2. The zero-order valence-electron chi connectivity index (χ0n) is 12.2. The lowest BCUT2D eigenvalue weighted by Crippen LogP contribution is -2.52. The van der Waals surface area contributed by atoms with E-state index in [0.29, 0.717) is 5.56 Å². The van der Waals surface area contributed by atoms with Crippen LogP contribution in [0.3, 0.4) is 0 Å². The summed E-state index contributed by atoms with van der Waals surface area (Å²) in [6.45, 7) is 4.59. The van der Waals surface area contributed by atoms with E-state index >= 15 is 0 Å². The lowest BCUT2D eigenvalue weighted by atomic mass is 10.0. The predicted molar refractivity (Wildman–Crippen MR) is 79.9 cm³/mol. The second kappa shape index (κ2) is 5.48. The van der Waals surface area contributed by atoms with Gasteiger partial charge in [-0.2, -0.15) is 0 Å². The Morgan fingerprint density at radius 2 is 2.19 bits per heavy atom. The minimum absolute atomic E-state index is 0.0636. The monoisotopic (exact) mass is 287 g/mol. The Morgan fingerprint density at radius 3 is 2.90 bits per heavy atom. The molecule has 112 valence electrons. The average molecular weight is 287 g/mol. The summed E-state index contributed by atoms with van der Waals surface area (Å²) in [7, 11) is 0. The van der Waals surface area contributed by atoms with Crippen LogP contribution in [0, 0.1) is 5.92 Å². The molecule has 0 radical (unpaired) electrons. The first kappa shape index (κ1) is 14.1. The number of nitrogens with zero attached hydrogens (tertiary/aromatic N) is 1. The molecule has 3 atom stereocenters. The highest BCUT2D eigenvalue weighted by Gasteiger charge is 2.46. The van der Waals surface area contributed by atoms with Crippen molar-refractivity contribution in [3.63, 3.8) is 0 Å². The molecule has 0 unspecified atom stereocenters. The smallest absolute Gasteiger partial charge is 0.248 e. The fourth-order valence-corrected chi connectivity index (χ4v) is 3.14. The van der Waals surface area contributed by atoms with Gasteiger partial charge in [-0.25, -0.2) is 0 Å². The van der Waals surface area contributed by atoms with E-state index in [9.17, 15) is 9.59 Å². The molecule has 3 rings (SSSR count). The number of nitrogens with one attached hydrogen (secondary N) is 1. The van der Waals surface area contributed by atoms with Gasteiger partial charge in [-0.3, -0.25) is 9.59 Å². The number of primary amides is 1. The molecular weight excluding hydrogens is 266 g/mol. The van der Waals surface area contributed by atoms with Gasteiger partial charge in [0.2, 0.25) is 11.8 Å². The molecule has 1 aliphatic carbocycles. The van der Waals surface area contributed by atoms with Gasteiger partial charge < -0.3 is 16.0 Å². The molecular formula is C16H21N3O2. The van der Waals surface area contributed by atoms with Gasteiger partial charge in [0, 0.05) is 37.2 Å². The van der Waals surface area contributed by atoms with Crippen LogP contribution in [0.15, 0.2) is 24.3 Å². The van der Waals surface area contributed by atoms with Crippen LogP contribution < -0.4 is 11.1 Å². The number of amides is 2. The Labute approximate surface area is 124 Å². The van der Waals surface area contributed by atoms with Crippen molar-refractivity contribution in [2.45, 2.75) is 25.3 Å². The fraction of sp³-hybridized carbons (Fsp3) is 0.500. The van der Waals surface area contributed by atoms with Crippen LogP contribution in [0.2, 0.25) is 0 Å². The van der Waals surface area contributed by atoms with Crippen molar-refractivity contribution < 1.29 is 9.59 Å². The highest BCUT2D eigenvalue weighted by atomic mass is 16.2. The third-order valence-electron chi connectivity index (χ3n) is 4.49. The number of rotatable bonds is 3. The second-order valence-corrected chi connectivity index (χ2v) is 6.02. The van der Waals surface area contributed by atoms with E-state index in [-0.39, 0.29) is 23.8 Å². The number of hydrogen-bond acceptors (Lipinski definition) is 3. The maximum Gasteiger partial charge on any atom is 0.248 e. The van der Waals surface area contributed by atoms with E-state index in [1.807, 2.05) is 23.1 Å². The van der Waals surface area contributed by atoms with E-state index in [1.165, 1.54) is 0 Å². The van der Waals surface area contributed by atoms with Crippen LogP contribution >= 0.6 is 0 Å². The first-order chi connectivity index (χ1) is 10.1. The van der Waals surface area contributed by atoms with Crippen LogP contribution in [-0.4, -0.2) is 42.4 Å². The third-order valence-corrected chi connectivity index (χ3v) is 4.49. The highest BCUT2D eigenvalue weighted by molar-refractivity contribution is 5.93. The normalized spacial score (nSPS) is 28.2. The molecule has 5 nitrogen and oxygen atoms in total. The topological polar surface area (TPSA) is 75.4 Å². The number of hydrogen-bond donors (Lipinski definition) is 2. The molecule has 1 aromatic rings. The van der Waals surface area contributed by atoms with Gasteiger partial charge in [-0.05, 0) is 37.0 Å². The summed E-state index contributed by atoms with van der Waals surface area (Å²) in [6, 6.07) is 7.60. The maximum absolute atomic E-state index is 12.6. The molecule has 1 saturated heterocycles. The van der Waals surface area contributed by atoms with Crippen molar-refractivity contribution in [1.29, 1.82) is 0 Å². The van der Waals surface area contributed by atoms with Gasteiger partial charge in [0.05, 0.1) is 0 Å². The summed E-state index contributed by atoms with van der Waals surface area (Å²) in [5, 5.41) is 3.30. The molecule has 0 spiro atoms. The van der Waals surface area contributed by atoms with Gasteiger partial charge in [0.25, 0.3) is 0 Å². The van der Waals surface area contributed by atoms with Crippen molar-refractivity contribution >= 4 is 11.8 Å². The molecule has 1 aliphatic heterocycles. The zero-order valence-corrected chi connectivity index (χ0v) is 12.2. The van der Waals surface area contributed by atoms with Crippen molar-refractivity contribution in [2.24, 2.45) is 11.7 Å². The molecule has 1 saturated carbocycles. The molecule has 21 heavy (non-hydrogen) atoms. The van der Waals surface area contributed by atoms with Crippen molar-refractivity contribution in [2.75, 3.05) is 19.6 Å². The van der Waals surface area contributed by atoms with Crippen LogP contribution in [0.5, 0.6) is 0 Å². The van der Waals surface area contributed by atoms with Crippen LogP contribution in [-0.2, 0) is 4.79 Å². The largest absolute Gasteiger partial charge is 0.366 e.